The van der Waals surface area contributed by atoms with Gasteiger partial charge in [0.2, 0.25) is 0 Å². The number of rotatable bonds is 8. The van der Waals surface area contributed by atoms with Gasteiger partial charge in [-0.05, 0) is 72.4 Å². The second-order valence-corrected chi connectivity index (χ2v) is 11.1. The van der Waals surface area contributed by atoms with Gasteiger partial charge in [0.25, 0.3) is 0 Å². The van der Waals surface area contributed by atoms with Crippen LogP contribution in [-0.4, -0.2) is 21.9 Å². The van der Waals surface area contributed by atoms with Crippen LogP contribution in [-0.2, 0) is 19.5 Å². The predicted octanol–water partition coefficient (Wildman–Crippen LogP) is 5.99. The molecule has 4 aromatic carbocycles. The molecule has 0 saturated carbocycles. The summed E-state index contributed by atoms with van der Waals surface area (Å²) in [5.41, 5.74) is 1.54. The number of aromatic carboxylic acids is 2. The van der Waals surface area contributed by atoms with Crippen molar-refractivity contribution in [1.29, 1.82) is 0 Å². The molecule has 0 aliphatic carbocycles. The van der Waals surface area contributed by atoms with E-state index in [0.29, 0.717) is 32.2 Å². The van der Waals surface area contributed by atoms with Crippen molar-refractivity contribution in [3.05, 3.63) is 132 Å². The van der Waals surface area contributed by atoms with E-state index in [0.717, 1.165) is 46.8 Å². The summed E-state index contributed by atoms with van der Waals surface area (Å²) in [6, 6.07) is 22.7. The molecule has 232 valence electrons. The molecule has 0 saturated heterocycles. The second kappa shape index (κ2) is 15.7. The molecule has 8 nitrogen and oxygen atoms in total. The molecule has 6 rings (SSSR count). The topological polar surface area (TPSA) is 130 Å². The van der Waals surface area contributed by atoms with Gasteiger partial charge < -0.3 is 29.2 Å². The fourth-order valence-corrected chi connectivity index (χ4v) is 5.56. The van der Waals surface area contributed by atoms with Crippen molar-refractivity contribution in [3.8, 4) is 0 Å². The number of benzene rings is 4. The van der Waals surface area contributed by atoms with Crippen LogP contribution in [0, 0.1) is 23.3 Å². The van der Waals surface area contributed by atoms with E-state index in [1.165, 1.54) is 36.4 Å². The first-order valence-corrected chi connectivity index (χ1v) is 14.7. The van der Waals surface area contributed by atoms with Crippen molar-refractivity contribution in [2.24, 2.45) is 0 Å². The molecule has 6 aromatic rings. The summed E-state index contributed by atoms with van der Waals surface area (Å²) >= 11 is 2.00. The number of carboxylic acid groups (broad SMARTS) is 2. The Kier molecular flexibility index (Phi) is 11.8. The molecule has 0 spiro atoms. The Morgan fingerprint density at radius 3 is 1.26 bits per heavy atom. The predicted molar refractivity (Wildman–Crippen MR) is 164 cm³/mol. The minimum Gasteiger partial charge on any atom is -0.543 e. The molecule has 0 aliphatic heterocycles. The van der Waals surface area contributed by atoms with Gasteiger partial charge >= 0.3 is 19.5 Å². The molecule has 0 aliphatic rings. The van der Waals surface area contributed by atoms with Gasteiger partial charge in [0.15, 0.2) is 0 Å². The van der Waals surface area contributed by atoms with Gasteiger partial charge in [0, 0.05) is 32.7 Å². The van der Waals surface area contributed by atoms with E-state index in [9.17, 15) is 37.4 Å². The Balaban J connectivity index is 0.000000208. The standard InChI is InChI=1S/2C16H10F2N2O2S.Zn/c2*17-10-6-11(18)8-12(7-10)23-20-13-3-1-2-9-4-5-14(16(21)22)19-15(9)13;/h2*1-8,20H,(H,21,22);/q;;+2/p-2. The Morgan fingerprint density at radius 1 is 0.553 bits per heavy atom. The van der Waals surface area contributed by atoms with Gasteiger partial charge in [0.05, 0.1) is 45.7 Å². The van der Waals surface area contributed by atoms with Crippen LogP contribution in [0.3, 0.4) is 0 Å². The Morgan fingerprint density at radius 2 is 0.915 bits per heavy atom. The van der Waals surface area contributed by atoms with Crippen molar-refractivity contribution in [2.45, 2.75) is 9.79 Å². The Hall–Kier alpha value is -4.72. The summed E-state index contributed by atoms with van der Waals surface area (Å²) in [5, 5.41) is 23.3. The quantitative estimate of drug-likeness (QED) is 0.110. The normalized spacial score (nSPS) is 10.5. The van der Waals surface area contributed by atoms with Gasteiger partial charge in [0.1, 0.15) is 23.3 Å². The maximum Gasteiger partial charge on any atom is 2.00 e. The molecule has 0 radical (unpaired) electrons. The molecule has 0 atom stereocenters. The van der Waals surface area contributed by atoms with E-state index in [1.807, 2.05) is 0 Å². The molecule has 2 N–H and O–H groups in total. The SMILES string of the molecule is O=C([O-])c1ccc2cccc(NSc3cc(F)cc(F)c3)c2n1.O=C([O-])c1ccc2cccc(NSc3cc(F)cc(F)c3)c2n1.[Zn+2]. The molecule has 0 bridgehead atoms. The van der Waals surface area contributed by atoms with Gasteiger partial charge in [-0.1, -0.05) is 36.4 Å². The average molecular weight is 728 g/mol. The second-order valence-electron chi connectivity index (χ2n) is 9.34. The van der Waals surface area contributed by atoms with Crippen LogP contribution in [0.4, 0.5) is 28.9 Å². The summed E-state index contributed by atoms with van der Waals surface area (Å²) in [6.45, 7) is 0. The molecule has 47 heavy (non-hydrogen) atoms. The molecule has 0 unspecified atom stereocenters. The van der Waals surface area contributed by atoms with Crippen LogP contribution < -0.4 is 19.7 Å². The number of nitrogens with one attached hydrogen (secondary N) is 2. The fraction of sp³-hybridized carbons (Fsp3) is 0. The van der Waals surface area contributed by atoms with Crippen molar-refractivity contribution in [2.75, 3.05) is 9.44 Å². The molecule has 2 aromatic heterocycles. The number of pyridine rings is 2. The smallest absolute Gasteiger partial charge is 0.543 e. The zero-order valence-electron chi connectivity index (χ0n) is 23.8. The van der Waals surface area contributed by atoms with Crippen molar-refractivity contribution in [3.63, 3.8) is 0 Å². The van der Waals surface area contributed by atoms with E-state index in [4.69, 9.17) is 0 Å². The van der Waals surface area contributed by atoms with Crippen LogP contribution in [0.25, 0.3) is 21.8 Å². The van der Waals surface area contributed by atoms with Crippen LogP contribution >= 0.6 is 23.9 Å². The number of halogens is 4. The average Bonchev–Trinajstić information content (AvgIpc) is 3.01. The van der Waals surface area contributed by atoms with E-state index in [2.05, 4.69) is 19.4 Å². The van der Waals surface area contributed by atoms with E-state index >= 15 is 0 Å². The third-order valence-electron chi connectivity index (χ3n) is 6.09. The summed E-state index contributed by atoms with van der Waals surface area (Å²) in [7, 11) is 0. The summed E-state index contributed by atoms with van der Waals surface area (Å²) in [6.07, 6.45) is 0. The van der Waals surface area contributed by atoms with Crippen LogP contribution in [0.2, 0.25) is 0 Å². The third-order valence-corrected chi connectivity index (χ3v) is 7.68. The molecular weight excluding hydrogens is 710 g/mol. The molecule has 15 heteroatoms. The molecule has 0 amide bonds. The summed E-state index contributed by atoms with van der Waals surface area (Å²) < 4.78 is 58.6. The monoisotopic (exact) mass is 726 g/mol. The van der Waals surface area contributed by atoms with E-state index < -0.39 is 35.2 Å². The molecule has 0 fully saturated rings. The number of hydrogen-bond donors (Lipinski definition) is 2. The first-order chi connectivity index (χ1) is 22.0. The maximum atomic E-state index is 13.2. The summed E-state index contributed by atoms with van der Waals surface area (Å²) in [4.78, 5) is 30.6. The van der Waals surface area contributed by atoms with Gasteiger partial charge in [-0.2, -0.15) is 0 Å². The Bertz CT molecular complexity index is 1920. The summed E-state index contributed by atoms with van der Waals surface area (Å²) in [5.74, 6) is -5.45. The third kappa shape index (κ3) is 9.18. The number of carbonyl (C=O) groups excluding carboxylic acids is 2. The number of aromatic nitrogens is 2. The van der Waals surface area contributed by atoms with Gasteiger partial charge in [-0.3, -0.25) is 0 Å². The van der Waals surface area contributed by atoms with Crippen molar-refractivity contribution >= 4 is 69.0 Å². The number of hydrogen-bond acceptors (Lipinski definition) is 10. The largest absolute Gasteiger partial charge is 2.00 e. The molecular formula is C32H18F4N4O4S2Zn. The maximum absolute atomic E-state index is 13.2. The van der Waals surface area contributed by atoms with Crippen molar-refractivity contribution < 1.29 is 56.8 Å². The fourth-order valence-electron chi connectivity index (χ4n) is 4.09. The minimum atomic E-state index is -1.37. The van der Waals surface area contributed by atoms with Gasteiger partial charge in [-0.15, -0.1) is 0 Å². The van der Waals surface area contributed by atoms with E-state index in [-0.39, 0.29) is 30.9 Å². The first-order valence-electron chi connectivity index (χ1n) is 13.1. The van der Waals surface area contributed by atoms with Gasteiger partial charge in [-0.25, -0.2) is 27.5 Å². The van der Waals surface area contributed by atoms with E-state index in [1.54, 1.807) is 48.5 Å². The van der Waals surface area contributed by atoms with Crippen molar-refractivity contribution in [1.82, 2.24) is 9.97 Å². The number of carbonyl (C=O) groups is 2. The van der Waals surface area contributed by atoms with Crippen LogP contribution in [0.5, 0.6) is 0 Å². The molecule has 2 heterocycles. The number of para-hydroxylation sites is 2. The van der Waals surface area contributed by atoms with Crippen LogP contribution in [0.1, 0.15) is 21.0 Å². The number of nitrogens with zero attached hydrogens (tertiary/aromatic N) is 2. The zero-order chi connectivity index (χ0) is 32.8. The Labute approximate surface area is 285 Å². The number of anilines is 2. The minimum absolute atomic E-state index is 0. The zero-order valence-corrected chi connectivity index (χ0v) is 28.4. The first kappa shape index (κ1) is 35.1. The number of fused-ring (bicyclic) bond motifs is 2. The number of carboxylic acids is 2. The van der Waals surface area contributed by atoms with Crippen LogP contribution in [0.15, 0.2) is 107 Å².